The summed E-state index contributed by atoms with van der Waals surface area (Å²) in [6.07, 6.45) is 1.03. The molecular formula is C14H21BrClNO. The molecule has 0 spiro atoms. The van der Waals surface area contributed by atoms with Crippen LogP contribution in [0.2, 0.25) is 5.02 Å². The Kier molecular flexibility index (Phi) is 7.23. The molecule has 0 aliphatic rings. The van der Waals surface area contributed by atoms with Gasteiger partial charge in [-0.25, -0.2) is 0 Å². The molecule has 2 unspecified atom stereocenters. The summed E-state index contributed by atoms with van der Waals surface area (Å²) in [7, 11) is 1.74. The quantitative estimate of drug-likeness (QED) is 0.796. The molecular weight excluding hydrogens is 314 g/mol. The fraction of sp³-hybridized carbons (Fsp3) is 0.571. The van der Waals surface area contributed by atoms with E-state index < -0.39 is 0 Å². The minimum atomic E-state index is 0.306. The molecule has 2 nitrogen and oxygen atoms in total. The van der Waals surface area contributed by atoms with Gasteiger partial charge in [0.05, 0.1) is 0 Å². The Bertz CT molecular complexity index is 353. The number of hydrogen-bond acceptors (Lipinski definition) is 2. The summed E-state index contributed by atoms with van der Waals surface area (Å²) in [5.74, 6) is 0.496. The van der Waals surface area contributed by atoms with Gasteiger partial charge in [0.15, 0.2) is 0 Å². The zero-order valence-corrected chi connectivity index (χ0v) is 13.5. The van der Waals surface area contributed by atoms with Gasteiger partial charge in [0.1, 0.15) is 0 Å². The third kappa shape index (κ3) is 4.88. The van der Waals surface area contributed by atoms with Gasteiger partial charge in [-0.15, -0.1) is 0 Å². The van der Waals surface area contributed by atoms with Crippen molar-refractivity contribution in [1.29, 1.82) is 0 Å². The van der Waals surface area contributed by atoms with Crippen LogP contribution in [-0.4, -0.2) is 20.3 Å². The van der Waals surface area contributed by atoms with E-state index in [9.17, 15) is 0 Å². The topological polar surface area (TPSA) is 21.3 Å². The molecule has 1 N–H and O–H groups in total. The predicted octanol–water partition coefficient (Wildman–Crippen LogP) is 4.43. The van der Waals surface area contributed by atoms with E-state index in [0.717, 1.165) is 29.1 Å². The Morgan fingerprint density at radius 3 is 2.67 bits per heavy atom. The van der Waals surface area contributed by atoms with Gasteiger partial charge in [-0.2, -0.15) is 0 Å². The molecule has 0 heterocycles. The van der Waals surface area contributed by atoms with Gasteiger partial charge in [-0.1, -0.05) is 41.4 Å². The lowest BCUT2D eigenvalue weighted by molar-refractivity contribution is 0.170. The maximum Gasteiger partial charge on any atom is 0.0465 e. The number of benzene rings is 1. The SMILES string of the molecule is CCNC(c1cc(Cl)cc(Br)c1)C(C)CCOC. The molecule has 0 aliphatic carbocycles. The maximum absolute atomic E-state index is 6.12. The predicted molar refractivity (Wildman–Crippen MR) is 81.2 cm³/mol. The average Bonchev–Trinajstić information content (AvgIpc) is 2.31. The van der Waals surface area contributed by atoms with Crippen molar-refractivity contribution in [3.63, 3.8) is 0 Å². The summed E-state index contributed by atoms with van der Waals surface area (Å²) in [6, 6.07) is 6.37. The molecule has 0 saturated heterocycles. The van der Waals surface area contributed by atoms with Crippen molar-refractivity contribution in [1.82, 2.24) is 5.32 Å². The van der Waals surface area contributed by atoms with E-state index in [0.29, 0.717) is 12.0 Å². The lowest BCUT2D eigenvalue weighted by atomic mass is 9.92. The van der Waals surface area contributed by atoms with Gasteiger partial charge >= 0.3 is 0 Å². The van der Waals surface area contributed by atoms with E-state index >= 15 is 0 Å². The average molecular weight is 335 g/mol. The number of ether oxygens (including phenoxy) is 1. The first-order chi connectivity index (χ1) is 8.58. The molecule has 102 valence electrons. The third-order valence-electron chi connectivity index (χ3n) is 3.01. The second kappa shape index (κ2) is 8.16. The first-order valence-corrected chi connectivity index (χ1v) is 7.43. The highest BCUT2D eigenvalue weighted by Gasteiger charge is 2.18. The van der Waals surface area contributed by atoms with E-state index in [4.69, 9.17) is 16.3 Å². The number of methoxy groups -OCH3 is 1. The van der Waals surface area contributed by atoms with Gasteiger partial charge in [-0.3, -0.25) is 0 Å². The monoisotopic (exact) mass is 333 g/mol. The molecule has 0 saturated carbocycles. The normalized spacial score (nSPS) is 14.5. The number of nitrogens with one attached hydrogen (secondary N) is 1. The second-order valence-corrected chi connectivity index (χ2v) is 5.85. The van der Waals surface area contributed by atoms with Crippen molar-refractivity contribution in [2.45, 2.75) is 26.3 Å². The van der Waals surface area contributed by atoms with Crippen LogP contribution in [0.25, 0.3) is 0 Å². The van der Waals surface area contributed by atoms with Crippen LogP contribution < -0.4 is 5.32 Å². The number of halogens is 2. The molecule has 4 heteroatoms. The van der Waals surface area contributed by atoms with Crippen molar-refractivity contribution < 1.29 is 4.74 Å². The summed E-state index contributed by atoms with van der Waals surface area (Å²) in [5.41, 5.74) is 1.22. The van der Waals surface area contributed by atoms with Crippen molar-refractivity contribution >= 4 is 27.5 Å². The first-order valence-electron chi connectivity index (χ1n) is 6.26. The largest absolute Gasteiger partial charge is 0.385 e. The lowest BCUT2D eigenvalue weighted by Crippen LogP contribution is -2.27. The molecule has 1 rings (SSSR count). The highest BCUT2D eigenvalue weighted by Crippen LogP contribution is 2.29. The van der Waals surface area contributed by atoms with E-state index in [-0.39, 0.29) is 0 Å². The molecule has 2 atom stereocenters. The van der Waals surface area contributed by atoms with Crippen LogP contribution in [0.15, 0.2) is 22.7 Å². The van der Waals surface area contributed by atoms with E-state index in [1.54, 1.807) is 7.11 Å². The Labute approximate surface area is 123 Å². The molecule has 1 aromatic carbocycles. The van der Waals surface area contributed by atoms with Crippen LogP contribution in [-0.2, 0) is 4.74 Å². The van der Waals surface area contributed by atoms with Gasteiger partial charge in [0.25, 0.3) is 0 Å². The fourth-order valence-corrected chi connectivity index (χ4v) is 2.98. The zero-order valence-electron chi connectivity index (χ0n) is 11.2. The standard InChI is InChI=1S/C14H21BrClNO/c1-4-17-14(10(2)5-6-18-3)11-7-12(15)9-13(16)8-11/h7-10,14,17H,4-6H2,1-3H3. The Balaban J connectivity index is 2.88. The summed E-state index contributed by atoms with van der Waals surface area (Å²) in [5, 5.41) is 4.29. The van der Waals surface area contributed by atoms with Crippen LogP contribution >= 0.6 is 27.5 Å². The molecule has 0 aromatic heterocycles. The highest BCUT2D eigenvalue weighted by atomic mass is 79.9. The van der Waals surface area contributed by atoms with Crippen LogP contribution in [0, 0.1) is 5.92 Å². The Morgan fingerprint density at radius 2 is 2.11 bits per heavy atom. The smallest absolute Gasteiger partial charge is 0.0465 e. The Hall–Kier alpha value is -0.0900. The van der Waals surface area contributed by atoms with E-state index in [2.05, 4.69) is 41.2 Å². The first kappa shape index (κ1) is 16.0. The van der Waals surface area contributed by atoms with Crippen LogP contribution in [0.3, 0.4) is 0 Å². The van der Waals surface area contributed by atoms with Crippen LogP contribution in [0.5, 0.6) is 0 Å². The molecule has 0 radical (unpaired) electrons. The molecule has 0 fully saturated rings. The van der Waals surface area contributed by atoms with Crippen LogP contribution in [0.4, 0.5) is 0 Å². The van der Waals surface area contributed by atoms with E-state index in [1.165, 1.54) is 5.56 Å². The molecule has 1 aromatic rings. The third-order valence-corrected chi connectivity index (χ3v) is 3.69. The van der Waals surface area contributed by atoms with E-state index in [1.807, 2.05) is 12.1 Å². The summed E-state index contributed by atoms with van der Waals surface area (Å²) >= 11 is 9.62. The summed E-state index contributed by atoms with van der Waals surface area (Å²) < 4.78 is 6.18. The Morgan fingerprint density at radius 1 is 1.39 bits per heavy atom. The van der Waals surface area contributed by atoms with Crippen molar-refractivity contribution in [3.8, 4) is 0 Å². The molecule has 0 bridgehead atoms. The van der Waals surface area contributed by atoms with Crippen molar-refractivity contribution in [3.05, 3.63) is 33.3 Å². The molecule has 18 heavy (non-hydrogen) atoms. The number of rotatable bonds is 7. The maximum atomic E-state index is 6.12. The van der Waals surface area contributed by atoms with Gasteiger partial charge < -0.3 is 10.1 Å². The zero-order chi connectivity index (χ0) is 13.5. The highest BCUT2D eigenvalue weighted by molar-refractivity contribution is 9.10. The minimum absolute atomic E-state index is 0.306. The second-order valence-electron chi connectivity index (χ2n) is 4.50. The van der Waals surface area contributed by atoms with Gasteiger partial charge in [0, 0.05) is 29.3 Å². The molecule has 0 amide bonds. The van der Waals surface area contributed by atoms with Crippen molar-refractivity contribution in [2.75, 3.05) is 20.3 Å². The lowest BCUT2D eigenvalue weighted by Gasteiger charge is -2.25. The van der Waals surface area contributed by atoms with Gasteiger partial charge in [-0.05, 0) is 42.6 Å². The fourth-order valence-electron chi connectivity index (χ4n) is 2.09. The summed E-state index contributed by atoms with van der Waals surface area (Å²) in [4.78, 5) is 0. The molecule has 0 aliphatic heterocycles. The summed E-state index contributed by atoms with van der Waals surface area (Å²) in [6.45, 7) is 6.08. The van der Waals surface area contributed by atoms with Crippen molar-refractivity contribution in [2.24, 2.45) is 5.92 Å². The number of hydrogen-bond donors (Lipinski definition) is 1. The van der Waals surface area contributed by atoms with Crippen LogP contribution in [0.1, 0.15) is 31.9 Å². The van der Waals surface area contributed by atoms with Gasteiger partial charge in [0.2, 0.25) is 0 Å². The minimum Gasteiger partial charge on any atom is -0.385 e.